The molecule has 0 bridgehead atoms. The Labute approximate surface area is 127 Å². The summed E-state index contributed by atoms with van der Waals surface area (Å²) in [6, 6.07) is 1.26. The van der Waals surface area contributed by atoms with E-state index in [1.165, 1.54) is 6.07 Å². The molecule has 2 aromatic heterocycles. The van der Waals surface area contributed by atoms with Crippen molar-refractivity contribution in [3.8, 4) is 0 Å². The quantitative estimate of drug-likeness (QED) is 0.846. The number of aryl methyl sites for hydroxylation is 3. The number of carbonyl (C=O) groups excluding carboxylic acids is 1. The lowest BCUT2D eigenvalue weighted by molar-refractivity contribution is 0.0694. The van der Waals surface area contributed by atoms with Crippen molar-refractivity contribution in [3.63, 3.8) is 0 Å². The van der Waals surface area contributed by atoms with Crippen LogP contribution in [0.4, 0.5) is 0 Å². The van der Waals surface area contributed by atoms with Gasteiger partial charge in [0.1, 0.15) is 17.1 Å². The molecule has 118 valence electrons. The summed E-state index contributed by atoms with van der Waals surface area (Å²) in [4.78, 5) is 23.1. The van der Waals surface area contributed by atoms with Crippen molar-refractivity contribution in [2.24, 2.45) is 0 Å². The Morgan fingerprint density at radius 3 is 2.59 bits per heavy atom. The molecule has 7 nitrogen and oxygen atoms in total. The largest absolute Gasteiger partial charge is 0.478 e. The predicted molar refractivity (Wildman–Crippen MR) is 77.1 cm³/mol. The average Bonchev–Trinajstić information content (AvgIpc) is 3.05. The smallest absolute Gasteiger partial charge is 0.339 e. The third kappa shape index (κ3) is 3.19. The number of carboxylic acid groups (broad SMARTS) is 1. The second-order valence-electron chi connectivity index (χ2n) is 4.91. The van der Waals surface area contributed by atoms with Crippen LogP contribution in [0.1, 0.15) is 50.6 Å². The molecule has 0 aliphatic rings. The van der Waals surface area contributed by atoms with E-state index >= 15 is 0 Å². The van der Waals surface area contributed by atoms with Crippen LogP contribution in [-0.4, -0.2) is 28.7 Å². The topological polar surface area (TPSA) is 106 Å². The summed E-state index contributed by atoms with van der Waals surface area (Å²) >= 11 is 0. The molecule has 0 spiro atoms. The highest BCUT2D eigenvalue weighted by Gasteiger charge is 2.20. The number of amides is 1. The zero-order valence-electron chi connectivity index (χ0n) is 12.7. The molecule has 0 radical (unpaired) electrons. The van der Waals surface area contributed by atoms with Gasteiger partial charge in [0, 0.05) is 24.6 Å². The van der Waals surface area contributed by atoms with Gasteiger partial charge in [-0.15, -0.1) is 0 Å². The lowest BCUT2D eigenvalue weighted by atomic mass is 10.1. The molecule has 0 atom stereocenters. The maximum absolute atomic E-state index is 12.0. The minimum atomic E-state index is -1.10. The third-order valence-corrected chi connectivity index (χ3v) is 3.43. The summed E-state index contributed by atoms with van der Waals surface area (Å²) < 4.78 is 10.3. The fraction of sp³-hybridized carbons (Fsp3) is 0.400. The lowest BCUT2D eigenvalue weighted by Crippen LogP contribution is -2.25. The van der Waals surface area contributed by atoms with E-state index in [-0.39, 0.29) is 11.3 Å². The van der Waals surface area contributed by atoms with Gasteiger partial charge >= 0.3 is 5.97 Å². The summed E-state index contributed by atoms with van der Waals surface area (Å²) in [6.45, 7) is 5.81. The van der Waals surface area contributed by atoms with E-state index in [0.29, 0.717) is 25.1 Å². The molecular weight excluding hydrogens is 288 g/mol. The van der Waals surface area contributed by atoms with Gasteiger partial charge in [-0.2, -0.15) is 0 Å². The number of furan rings is 1. The second kappa shape index (κ2) is 6.46. The van der Waals surface area contributed by atoms with Crippen molar-refractivity contribution in [1.29, 1.82) is 0 Å². The molecule has 2 heterocycles. The normalized spacial score (nSPS) is 10.7. The summed E-state index contributed by atoms with van der Waals surface area (Å²) in [7, 11) is 0. The maximum Gasteiger partial charge on any atom is 0.339 e. The Morgan fingerprint density at radius 1 is 1.36 bits per heavy atom. The van der Waals surface area contributed by atoms with E-state index in [2.05, 4.69) is 10.5 Å². The molecule has 0 saturated heterocycles. The number of nitrogens with one attached hydrogen (secondary N) is 1. The number of hydrogen-bond acceptors (Lipinski definition) is 5. The zero-order chi connectivity index (χ0) is 16.3. The predicted octanol–water partition coefficient (Wildman–Crippen LogP) is 2.12. The van der Waals surface area contributed by atoms with Crippen LogP contribution in [0.15, 0.2) is 15.0 Å². The molecule has 2 aromatic rings. The van der Waals surface area contributed by atoms with Gasteiger partial charge in [-0.1, -0.05) is 12.1 Å². The Kier molecular flexibility index (Phi) is 4.65. The van der Waals surface area contributed by atoms with Gasteiger partial charge in [-0.25, -0.2) is 4.79 Å². The van der Waals surface area contributed by atoms with Crippen LogP contribution < -0.4 is 5.32 Å². The Balaban J connectivity index is 1.99. The minimum absolute atomic E-state index is 0.00742. The minimum Gasteiger partial charge on any atom is -0.478 e. The number of rotatable bonds is 6. The van der Waals surface area contributed by atoms with Crippen LogP contribution >= 0.6 is 0 Å². The van der Waals surface area contributed by atoms with Gasteiger partial charge in [0.25, 0.3) is 5.91 Å². The number of aromatic carboxylic acids is 1. The number of aromatic nitrogens is 1. The molecule has 0 saturated carbocycles. The molecule has 0 aromatic carbocycles. The van der Waals surface area contributed by atoms with Crippen molar-refractivity contribution in [3.05, 3.63) is 40.2 Å². The standard InChI is InChI=1S/C15H18N2O5/c1-4-12-11(15(19)20)7-13(21-12)14(18)16-6-5-10-8(2)17-22-9(10)3/h7H,4-6H2,1-3H3,(H,16,18)(H,19,20). The molecule has 0 fully saturated rings. The Hall–Kier alpha value is -2.57. The van der Waals surface area contributed by atoms with Gasteiger partial charge in [-0.05, 0) is 20.3 Å². The first-order valence-corrected chi connectivity index (χ1v) is 7.00. The molecular formula is C15H18N2O5. The van der Waals surface area contributed by atoms with Crippen molar-refractivity contribution in [2.45, 2.75) is 33.6 Å². The van der Waals surface area contributed by atoms with E-state index in [0.717, 1.165) is 17.0 Å². The van der Waals surface area contributed by atoms with Crippen LogP contribution in [0.25, 0.3) is 0 Å². The first-order chi connectivity index (χ1) is 10.4. The second-order valence-corrected chi connectivity index (χ2v) is 4.91. The van der Waals surface area contributed by atoms with Gasteiger partial charge in [0.2, 0.25) is 0 Å². The van der Waals surface area contributed by atoms with Crippen molar-refractivity contribution >= 4 is 11.9 Å². The first-order valence-electron chi connectivity index (χ1n) is 7.00. The van der Waals surface area contributed by atoms with Gasteiger partial charge in [0.15, 0.2) is 5.76 Å². The van der Waals surface area contributed by atoms with Crippen molar-refractivity contribution < 1.29 is 23.6 Å². The van der Waals surface area contributed by atoms with E-state index in [1.54, 1.807) is 6.92 Å². The Bertz CT molecular complexity index is 679. The SMILES string of the molecule is CCc1oc(C(=O)NCCc2c(C)noc2C)cc1C(=O)O. The summed E-state index contributed by atoms with van der Waals surface area (Å²) in [5, 5.41) is 15.6. The van der Waals surface area contributed by atoms with Crippen molar-refractivity contribution in [1.82, 2.24) is 10.5 Å². The molecule has 7 heteroatoms. The van der Waals surface area contributed by atoms with E-state index < -0.39 is 11.9 Å². The van der Waals surface area contributed by atoms with Crippen LogP contribution in [0.3, 0.4) is 0 Å². The van der Waals surface area contributed by atoms with Gasteiger partial charge < -0.3 is 19.4 Å². The van der Waals surface area contributed by atoms with Crippen LogP contribution in [0.2, 0.25) is 0 Å². The molecule has 22 heavy (non-hydrogen) atoms. The zero-order valence-corrected chi connectivity index (χ0v) is 12.7. The number of nitrogens with zero attached hydrogens (tertiary/aromatic N) is 1. The van der Waals surface area contributed by atoms with Gasteiger partial charge in [0.05, 0.1) is 5.69 Å². The van der Waals surface area contributed by atoms with Crippen molar-refractivity contribution in [2.75, 3.05) is 6.54 Å². The number of carbonyl (C=O) groups is 2. The molecule has 2 rings (SSSR count). The molecule has 0 aliphatic heterocycles. The fourth-order valence-corrected chi connectivity index (χ4v) is 2.23. The van der Waals surface area contributed by atoms with E-state index in [9.17, 15) is 9.59 Å². The van der Waals surface area contributed by atoms with Crippen LogP contribution in [0.5, 0.6) is 0 Å². The summed E-state index contributed by atoms with van der Waals surface area (Å²) in [6.07, 6.45) is 0.994. The number of hydrogen-bond donors (Lipinski definition) is 2. The third-order valence-electron chi connectivity index (χ3n) is 3.43. The highest BCUT2D eigenvalue weighted by atomic mass is 16.5. The fourth-order valence-electron chi connectivity index (χ4n) is 2.23. The molecule has 0 unspecified atom stereocenters. The monoisotopic (exact) mass is 306 g/mol. The van der Waals surface area contributed by atoms with E-state index in [4.69, 9.17) is 14.0 Å². The summed E-state index contributed by atoms with van der Waals surface area (Å²) in [5.41, 5.74) is 1.78. The molecule has 1 amide bonds. The average molecular weight is 306 g/mol. The maximum atomic E-state index is 12.0. The van der Waals surface area contributed by atoms with Crippen LogP contribution in [0, 0.1) is 13.8 Å². The van der Waals surface area contributed by atoms with Gasteiger partial charge in [-0.3, -0.25) is 4.79 Å². The highest BCUT2D eigenvalue weighted by molar-refractivity contribution is 5.96. The summed E-state index contributed by atoms with van der Waals surface area (Å²) in [5.74, 6) is -0.508. The lowest BCUT2D eigenvalue weighted by Gasteiger charge is -2.02. The first kappa shape index (κ1) is 15.8. The van der Waals surface area contributed by atoms with E-state index in [1.807, 2.05) is 13.8 Å². The van der Waals surface area contributed by atoms with Crippen LogP contribution in [-0.2, 0) is 12.8 Å². The number of carboxylic acids is 1. The highest BCUT2D eigenvalue weighted by Crippen LogP contribution is 2.17. The Morgan fingerprint density at radius 2 is 2.09 bits per heavy atom. The molecule has 0 aliphatic carbocycles. The molecule has 2 N–H and O–H groups in total.